The van der Waals surface area contributed by atoms with Gasteiger partial charge in [-0.25, -0.2) is 4.98 Å². The van der Waals surface area contributed by atoms with E-state index in [0.29, 0.717) is 11.9 Å². The van der Waals surface area contributed by atoms with E-state index >= 15 is 0 Å². The first-order chi connectivity index (χ1) is 6.65. The Morgan fingerprint density at radius 1 is 1.64 bits per heavy atom. The van der Waals surface area contributed by atoms with Crippen LogP contribution in [0.1, 0.15) is 0 Å². The third-order valence-corrected chi connectivity index (χ3v) is 2.93. The van der Waals surface area contributed by atoms with Gasteiger partial charge in [-0.2, -0.15) is 0 Å². The van der Waals surface area contributed by atoms with Crippen LogP contribution < -0.4 is 11.1 Å². The second-order valence-corrected chi connectivity index (χ2v) is 4.51. The Hall–Kier alpha value is -0.810. The molecule has 0 bridgehead atoms. The van der Waals surface area contributed by atoms with Crippen LogP contribution in [0.3, 0.4) is 0 Å². The number of likely N-dealkylation sites (N-methyl/N-ethyl adjacent to an activating group) is 1. The number of hydrogen-bond donors (Lipinski definition) is 2. The van der Waals surface area contributed by atoms with Crippen LogP contribution in [0.25, 0.3) is 0 Å². The standard InChI is InChI=1S/C9H13BrN4/c1-14-4-6(5-14)13-8-2-9(11)12-3-7(8)10/h2-3,6H,4-5H2,1H3,(H3,11,12,13). The highest BCUT2D eigenvalue weighted by atomic mass is 79.9. The summed E-state index contributed by atoms with van der Waals surface area (Å²) in [6.45, 7) is 2.16. The number of hydrogen-bond acceptors (Lipinski definition) is 4. The summed E-state index contributed by atoms with van der Waals surface area (Å²) in [4.78, 5) is 6.25. The van der Waals surface area contributed by atoms with Crippen molar-refractivity contribution in [3.63, 3.8) is 0 Å². The quantitative estimate of drug-likeness (QED) is 0.834. The van der Waals surface area contributed by atoms with Crippen molar-refractivity contribution >= 4 is 27.4 Å². The van der Waals surface area contributed by atoms with Crippen molar-refractivity contribution in [1.82, 2.24) is 9.88 Å². The van der Waals surface area contributed by atoms with Crippen molar-refractivity contribution in [2.75, 3.05) is 31.2 Å². The molecule has 0 saturated carbocycles. The first-order valence-corrected chi connectivity index (χ1v) is 5.30. The molecule has 0 amide bonds. The van der Waals surface area contributed by atoms with Crippen molar-refractivity contribution in [1.29, 1.82) is 0 Å². The number of nitrogens with one attached hydrogen (secondary N) is 1. The summed E-state index contributed by atoms with van der Waals surface area (Å²) in [6.07, 6.45) is 1.72. The molecule has 2 rings (SSSR count). The molecule has 76 valence electrons. The van der Waals surface area contributed by atoms with Gasteiger partial charge in [0, 0.05) is 25.4 Å². The highest BCUT2D eigenvalue weighted by Crippen LogP contribution is 2.24. The first-order valence-electron chi connectivity index (χ1n) is 4.51. The van der Waals surface area contributed by atoms with E-state index < -0.39 is 0 Å². The molecular weight excluding hydrogens is 244 g/mol. The maximum Gasteiger partial charge on any atom is 0.125 e. The molecule has 0 atom stereocenters. The Kier molecular flexibility index (Phi) is 2.60. The van der Waals surface area contributed by atoms with Crippen LogP contribution >= 0.6 is 15.9 Å². The molecule has 3 N–H and O–H groups in total. The number of nitrogens with zero attached hydrogens (tertiary/aromatic N) is 2. The van der Waals surface area contributed by atoms with Gasteiger partial charge >= 0.3 is 0 Å². The van der Waals surface area contributed by atoms with E-state index in [1.165, 1.54) is 0 Å². The number of pyridine rings is 1. The molecule has 1 aromatic heterocycles. The molecule has 5 heteroatoms. The van der Waals surface area contributed by atoms with Crippen LogP contribution in [0.4, 0.5) is 11.5 Å². The topological polar surface area (TPSA) is 54.2 Å². The third kappa shape index (κ3) is 1.99. The predicted octanol–water partition coefficient (Wildman–Crippen LogP) is 1.15. The summed E-state index contributed by atoms with van der Waals surface area (Å²) in [6, 6.07) is 2.38. The average molecular weight is 257 g/mol. The minimum Gasteiger partial charge on any atom is -0.384 e. The molecular formula is C9H13BrN4. The van der Waals surface area contributed by atoms with Gasteiger partial charge in [-0.3, -0.25) is 0 Å². The second kappa shape index (κ2) is 3.74. The third-order valence-electron chi connectivity index (χ3n) is 2.30. The van der Waals surface area contributed by atoms with Crippen molar-refractivity contribution in [2.45, 2.75) is 6.04 Å². The van der Waals surface area contributed by atoms with Gasteiger partial charge in [-0.05, 0) is 23.0 Å². The van der Waals surface area contributed by atoms with E-state index in [1.54, 1.807) is 6.20 Å². The van der Waals surface area contributed by atoms with Crippen molar-refractivity contribution in [3.8, 4) is 0 Å². The zero-order chi connectivity index (χ0) is 10.1. The number of likely N-dealkylation sites (tertiary alicyclic amines) is 1. The van der Waals surface area contributed by atoms with Crippen LogP contribution in [0, 0.1) is 0 Å². The highest BCUT2D eigenvalue weighted by molar-refractivity contribution is 9.10. The molecule has 0 aromatic carbocycles. The van der Waals surface area contributed by atoms with Crippen LogP contribution in [-0.2, 0) is 0 Å². The number of rotatable bonds is 2. The monoisotopic (exact) mass is 256 g/mol. The van der Waals surface area contributed by atoms with E-state index in [1.807, 2.05) is 6.07 Å². The van der Waals surface area contributed by atoms with Gasteiger partial charge in [0.1, 0.15) is 5.82 Å². The lowest BCUT2D eigenvalue weighted by Gasteiger charge is -2.37. The zero-order valence-electron chi connectivity index (χ0n) is 8.00. The number of nitrogens with two attached hydrogens (primary N) is 1. The van der Waals surface area contributed by atoms with Gasteiger partial charge in [0.15, 0.2) is 0 Å². The first kappa shape index (κ1) is 9.73. The molecule has 1 fully saturated rings. The minimum atomic E-state index is 0.526. The van der Waals surface area contributed by atoms with E-state index in [2.05, 4.69) is 38.2 Å². The SMILES string of the molecule is CN1CC(Nc2cc(N)ncc2Br)C1. The Morgan fingerprint density at radius 3 is 3.00 bits per heavy atom. The second-order valence-electron chi connectivity index (χ2n) is 3.65. The van der Waals surface area contributed by atoms with Gasteiger partial charge in [0.25, 0.3) is 0 Å². The lowest BCUT2D eigenvalue weighted by Crippen LogP contribution is -2.52. The molecule has 1 saturated heterocycles. The van der Waals surface area contributed by atoms with Crippen molar-refractivity contribution in [3.05, 3.63) is 16.7 Å². The maximum atomic E-state index is 5.61. The van der Waals surface area contributed by atoms with Crippen LogP contribution in [0.5, 0.6) is 0 Å². The molecule has 14 heavy (non-hydrogen) atoms. The van der Waals surface area contributed by atoms with E-state index in [4.69, 9.17) is 5.73 Å². The summed E-state index contributed by atoms with van der Waals surface area (Å²) in [5.74, 6) is 0.545. The molecule has 0 radical (unpaired) electrons. The van der Waals surface area contributed by atoms with Gasteiger partial charge in [-0.15, -0.1) is 0 Å². The fraction of sp³-hybridized carbons (Fsp3) is 0.444. The summed E-state index contributed by atoms with van der Waals surface area (Å²) in [5.41, 5.74) is 6.63. The van der Waals surface area contributed by atoms with Gasteiger partial charge in [-0.1, -0.05) is 0 Å². The average Bonchev–Trinajstić information content (AvgIpc) is 2.09. The van der Waals surface area contributed by atoms with E-state index in [-0.39, 0.29) is 0 Å². The number of halogens is 1. The minimum absolute atomic E-state index is 0.526. The predicted molar refractivity (Wildman–Crippen MR) is 61.3 cm³/mol. The summed E-state index contributed by atoms with van der Waals surface area (Å²) < 4.78 is 0.959. The molecule has 0 aliphatic carbocycles. The van der Waals surface area contributed by atoms with Crippen LogP contribution in [-0.4, -0.2) is 36.1 Å². The van der Waals surface area contributed by atoms with Crippen LogP contribution in [0.15, 0.2) is 16.7 Å². The number of anilines is 2. The lowest BCUT2D eigenvalue weighted by molar-refractivity contribution is 0.205. The molecule has 1 aliphatic heterocycles. The molecule has 4 nitrogen and oxygen atoms in total. The zero-order valence-corrected chi connectivity index (χ0v) is 9.58. The van der Waals surface area contributed by atoms with Gasteiger partial charge in [0.05, 0.1) is 16.2 Å². The Morgan fingerprint density at radius 2 is 2.36 bits per heavy atom. The summed E-state index contributed by atoms with van der Waals surface area (Å²) >= 11 is 3.43. The molecule has 0 spiro atoms. The van der Waals surface area contributed by atoms with Crippen molar-refractivity contribution < 1.29 is 0 Å². The summed E-state index contributed by atoms with van der Waals surface area (Å²) in [7, 11) is 2.11. The fourth-order valence-electron chi connectivity index (χ4n) is 1.58. The highest BCUT2D eigenvalue weighted by Gasteiger charge is 2.23. The van der Waals surface area contributed by atoms with Crippen LogP contribution in [0.2, 0.25) is 0 Å². The summed E-state index contributed by atoms with van der Waals surface area (Å²) in [5, 5.41) is 3.41. The van der Waals surface area contributed by atoms with Gasteiger partial charge < -0.3 is 16.0 Å². The Balaban J connectivity index is 2.05. The molecule has 0 unspecified atom stereocenters. The van der Waals surface area contributed by atoms with Crippen molar-refractivity contribution in [2.24, 2.45) is 0 Å². The number of nitrogen functional groups attached to an aromatic ring is 1. The van der Waals surface area contributed by atoms with E-state index in [0.717, 1.165) is 23.2 Å². The Labute approximate surface area is 91.6 Å². The lowest BCUT2D eigenvalue weighted by atomic mass is 10.1. The Bertz CT molecular complexity index is 336. The normalized spacial score (nSPS) is 17.9. The fourth-order valence-corrected chi connectivity index (χ4v) is 1.91. The van der Waals surface area contributed by atoms with E-state index in [9.17, 15) is 0 Å². The maximum absolute atomic E-state index is 5.61. The molecule has 2 heterocycles. The number of aromatic nitrogens is 1. The largest absolute Gasteiger partial charge is 0.384 e. The smallest absolute Gasteiger partial charge is 0.125 e. The molecule has 1 aliphatic rings. The molecule has 1 aromatic rings. The van der Waals surface area contributed by atoms with Gasteiger partial charge in [0.2, 0.25) is 0 Å².